The van der Waals surface area contributed by atoms with Crippen LogP contribution in [0.1, 0.15) is 260 Å². The number of hydrogen-bond acceptors (Lipinski definition) is 7. The van der Waals surface area contributed by atoms with Crippen LogP contribution in [0, 0.1) is 51.2 Å². The number of ether oxygens (including phenoxy) is 2. The Kier molecular flexibility index (Phi) is 29.8. The number of hydrogen-bond donors (Lipinski definition) is 3. The summed E-state index contributed by atoms with van der Waals surface area (Å²) in [6, 6.07) is 0. The van der Waals surface area contributed by atoms with Gasteiger partial charge in [0.15, 0.2) is 0 Å². The van der Waals surface area contributed by atoms with Gasteiger partial charge in [-0.15, -0.1) is 0 Å². The van der Waals surface area contributed by atoms with Crippen LogP contribution in [-0.2, 0) is 33.4 Å². The summed E-state index contributed by atoms with van der Waals surface area (Å²) in [7, 11) is 0. The van der Waals surface area contributed by atoms with Crippen LogP contribution >= 0.6 is 0 Å². The predicted molar refractivity (Wildman–Crippen MR) is 309 cm³/mol. The molecular weight excluding hydrogens is 953 g/mol. The van der Waals surface area contributed by atoms with E-state index in [2.05, 4.69) is 54.7 Å². The lowest BCUT2D eigenvalue weighted by atomic mass is 9.70. The van der Waals surface area contributed by atoms with Crippen LogP contribution in [0.5, 0.6) is 0 Å². The van der Waals surface area contributed by atoms with Crippen molar-refractivity contribution >= 4 is 29.8 Å². The number of carboxylic acid groups (broad SMARTS) is 3. The SMILES string of the molecule is C=C(C)C(=O)O[C@H]1C[C@@H]2CC[C@@]1(C)C2(C)C.C=CC(=O)O[C@H]1C[C@@H]2CC[C@@]1(C)C2(C)C.O=C(O)/C=C/C1CCCCCCCCC1.O=C(O)/C=C/C1CCCCCCCCC1.O=C(O)/C=C/C1CCCCCCCCC1. The van der Waals surface area contributed by atoms with E-state index in [1.165, 1.54) is 223 Å². The lowest BCUT2D eigenvalue weighted by molar-refractivity contribution is -0.152. The number of fused-ring (bicyclic) bond motifs is 4. The molecule has 432 valence electrons. The molecule has 0 saturated heterocycles. The Balaban J connectivity index is 0.000000250. The fraction of sp³-hybridized carbons (Fsp3) is 0.773. The summed E-state index contributed by atoms with van der Waals surface area (Å²) in [5.41, 5.74) is 1.43. The average Bonchev–Trinajstić information content (AvgIpc) is 3.91. The summed E-state index contributed by atoms with van der Waals surface area (Å²) in [6.45, 7) is 22.6. The van der Waals surface area contributed by atoms with Crippen LogP contribution in [0.3, 0.4) is 0 Å². The first-order valence-corrected chi connectivity index (χ1v) is 30.5. The number of carbonyl (C=O) groups is 5. The highest BCUT2D eigenvalue weighted by molar-refractivity contribution is 5.87. The molecule has 7 fully saturated rings. The molecule has 76 heavy (non-hydrogen) atoms. The van der Waals surface area contributed by atoms with Gasteiger partial charge in [0.1, 0.15) is 12.2 Å². The number of carbonyl (C=O) groups excluding carboxylic acids is 2. The second kappa shape index (κ2) is 34.1. The third-order valence-corrected chi connectivity index (χ3v) is 19.9. The summed E-state index contributed by atoms with van der Waals surface area (Å²) < 4.78 is 11.1. The van der Waals surface area contributed by atoms with E-state index in [-0.39, 0.29) is 35.0 Å². The van der Waals surface area contributed by atoms with Gasteiger partial charge in [-0.1, -0.05) is 208 Å². The number of esters is 2. The van der Waals surface area contributed by atoms with E-state index in [0.717, 1.165) is 12.8 Å². The van der Waals surface area contributed by atoms with Crippen molar-refractivity contribution in [2.24, 2.45) is 51.2 Å². The van der Waals surface area contributed by atoms with Gasteiger partial charge in [-0.05, 0) is 124 Å². The Morgan fingerprint density at radius 1 is 0.434 bits per heavy atom. The van der Waals surface area contributed by atoms with E-state index in [4.69, 9.17) is 24.8 Å². The van der Waals surface area contributed by atoms with Crippen LogP contribution in [0.4, 0.5) is 0 Å². The molecule has 0 aromatic rings. The van der Waals surface area contributed by atoms with Gasteiger partial charge in [0, 0.05) is 40.7 Å². The molecule has 4 bridgehead atoms. The van der Waals surface area contributed by atoms with Crippen molar-refractivity contribution in [3.05, 3.63) is 61.3 Å². The zero-order chi connectivity index (χ0) is 56.2. The van der Waals surface area contributed by atoms with Gasteiger partial charge in [0.25, 0.3) is 0 Å². The van der Waals surface area contributed by atoms with E-state index >= 15 is 0 Å². The maximum absolute atomic E-state index is 11.6. The molecule has 7 rings (SSSR count). The van der Waals surface area contributed by atoms with E-state index in [0.29, 0.717) is 46.0 Å². The molecule has 0 aromatic carbocycles. The van der Waals surface area contributed by atoms with Gasteiger partial charge in [-0.25, -0.2) is 24.0 Å². The number of allylic oxidation sites excluding steroid dienone is 3. The van der Waals surface area contributed by atoms with Gasteiger partial charge < -0.3 is 24.8 Å². The zero-order valence-electron chi connectivity index (χ0n) is 49.0. The Hall–Kier alpha value is -3.95. The number of aliphatic carboxylic acids is 3. The largest absolute Gasteiger partial charge is 0.478 e. The molecular formula is C66H108O10. The Morgan fingerprint density at radius 3 is 0.908 bits per heavy atom. The molecule has 3 N–H and O–H groups in total. The van der Waals surface area contributed by atoms with Gasteiger partial charge in [0.05, 0.1) is 0 Å². The second-order valence-electron chi connectivity index (χ2n) is 25.6. The molecule has 0 aromatic heterocycles. The Morgan fingerprint density at radius 2 is 0.697 bits per heavy atom. The summed E-state index contributed by atoms with van der Waals surface area (Å²) in [4.78, 5) is 54.2. The van der Waals surface area contributed by atoms with E-state index in [1.807, 2.05) is 18.2 Å². The van der Waals surface area contributed by atoms with Crippen LogP contribution in [0.15, 0.2) is 61.3 Å². The quantitative estimate of drug-likeness (QED) is 0.142. The van der Waals surface area contributed by atoms with Crippen molar-refractivity contribution < 1.29 is 48.8 Å². The smallest absolute Gasteiger partial charge is 0.333 e. The third kappa shape index (κ3) is 22.1. The molecule has 7 aliphatic rings. The molecule has 0 radical (unpaired) electrons. The topological polar surface area (TPSA) is 165 Å². The van der Waals surface area contributed by atoms with Crippen LogP contribution in [0.25, 0.3) is 0 Å². The molecule has 7 aliphatic carbocycles. The van der Waals surface area contributed by atoms with E-state index in [1.54, 1.807) is 6.92 Å². The minimum absolute atomic E-state index is 0.0884. The normalized spacial score (nSPS) is 29.4. The number of carboxylic acids is 3. The summed E-state index contributed by atoms with van der Waals surface area (Å²) in [5.74, 6) is -0.0198. The summed E-state index contributed by atoms with van der Waals surface area (Å²) >= 11 is 0. The molecule has 0 heterocycles. The fourth-order valence-corrected chi connectivity index (χ4v) is 13.8. The van der Waals surface area contributed by atoms with E-state index in [9.17, 15) is 24.0 Å². The highest BCUT2D eigenvalue weighted by Crippen LogP contribution is 2.67. The first-order valence-electron chi connectivity index (χ1n) is 30.5. The predicted octanol–water partition coefficient (Wildman–Crippen LogP) is 17.6. The first kappa shape index (κ1) is 66.3. The maximum Gasteiger partial charge on any atom is 0.333 e. The highest BCUT2D eigenvalue weighted by atomic mass is 16.5. The minimum atomic E-state index is -0.813. The van der Waals surface area contributed by atoms with Crippen molar-refractivity contribution in [3.63, 3.8) is 0 Å². The molecule has 0 unspecified atom stereocenters. The number of rotatable bonds is 10. The van der Waals surface area contributed by atoms with Crippen molar-refractivity contribution in [2.75, 3.05) is 0 Å². The molecule has 0 spiro atoms. The summed E-state index contributed by atoms with van der Waals surface area (Å²) in [6.07, 6.45) is 52.8. The monoisotopic (exact) mass is 1060 g/mol. The second-order valence-corrected chi connectivity index (χ2v) is 25.6. The van der Waals surface area contributed by atoms with Gasteiger partial charge in [-0.3, -0.25) is 0 Å². The molecule has 0 aliphatic heterocycles. The molecule has 0 amide bonds. The van der Waals surface area contributed by atoms with E-state index < -0.39 is 17.9 Å². The van der Waals surface area contributed by atoms with Crippen LogP contribution in [-0.4, -0.2) is 57.4 Å². The Bertz CT molecular complexity index is 1750. The van der Waals surface area contributed by atoms with Gasteiger partial charge in [0.2, 0.25) is 0 Å². The fourth-order valence-electron chi connectivity index (χ4n) is 13.8. The van der Waals surface area contributed by atoms with Crippen molar-refractivity contribution in [1.29, 1.82) is 0 Å². The molecule has 10 heteroatoms. The van der Waals surface area contributed by atoms with Crippen molar-refractivity contribution in [1.82, 2.24) is 0 Å². The van der Waals surface area contributed by atoms with Gasteiger partial charge in [-0.2, -0.15) is 0 Å². The summed E-state index contributed by atoms with van der Waals surface area (Å²) in [5, 5.41) is 25.8. The minimum Gasteiger partial charge on any atom is -0.478 e. The van der Waals surface area contributed by atoms with Gasteiger partial charge >= 0.3 is 29.8 Å². The molecule has 10 nitrogen and oxygen atoms in total. The van der Waals surface area contributed by atoms with Crippen molar-refractivity contribution in [2.45, 2.75) is 273 Å². The highest BCUT2D eigenvalue weighted by Gasteiger charge is 2.64. The van der Waals surface area contributed by atoms with Crippen LogP contribution < -0.4 is 0 Å². The first-order chi connectivity index (χ1) is 36.1. The average molecular weight is 1060 g/mol. The van der Waals surface area contributed by atoms with Crippen LogP contribution in [0.2, 0.25) is 0 Å². The standard InChI is InChI=1S/C14H22O2.C13H20O2.3C13H22O2/c1-9(2)12(15)16-11-8-10-6-7-14(11,5)13(10,3)4;1-5-11(14)15-10-8-9-6-7-13(10,4)12(9,2)3;3*14-13(15)11-10-12-8-6-4-2-1-3-5-7-9-12/h10-11H,1,6-8H2,2-5H3;5,9-10H,1,6-8H2,2-4H3;3*10-12H,1-9H2,(H,14,15)/b;;3*11-10+/t10-,11-,14+;9-,10-,13+;;;/m00.../s1. The molecule has 6 atom stereocenters. The lowest BCUT2D eigenvalue weighted by Crippen LogP contribution is -2.38. The third-order valence-electron chi connectivity index (χ3n) is 19.9. The molecule has 7 saturated carbocycles. The maximum atomic E-state index is 11.6. The zero-order valence-corrected chi connectivity index (χ0v) is 49.0. The lowest BCUT2D eigenvalue weighted by Gasteiger charge is -2.38. The van der Waals surface area contributed by atoms with Crippen molar-refractivity contribution in [3.8, 4) is 0 Å². The Labute approximate surface area is 461 Å².